The molecule has 0 aromatic heterocycles. The second-order valence-electron chi connectivity index (χ2n) is 4.96. The Morgan fingerprint density at radius 2 is 1.67 bits per heavy atom. The van der Waals surface area contributed by atoms with Gasteiger partial charge < -0.3 is 10.2 Å². The number of carbonyl (C=O) groups is 1. The molecule has 4 nitrogen and oxygen atoms in total. The fourth-order valence-electron chi connectivity index (χ4n) is 2.08. The Hall–Kier alpha value is -2.40. The molecule has 0 radical (unpaired) electrons. The van der Waals surface area contributed by atoms with Crippen LogP contribution in [0.2, 0.25) is 0 Å². The summed E-state index contributed by atoms with van der Waals surface area (Å²) in [4.78, 5) is 12.7. The van der Waals surface area contributed by atoms with E-state index in [4.69, 9.17) is 10.2 Å². The fourth-order valence-corrected chi connectivity index (χ4v) is 2.08. The average molecular weight is 289 g/mol. The van der Waals surface area contributed by atoms with E-state index >= 15 is 0 Å². The van der Waals surface area contributed by atoms with Crippen molar-refractivity contribution in [2.75, 3.05) is 7.05 Å². The maximum Gasteiger partial charge on any atom is 0.335 e. The first-order chi connectivity index (χ1) is 9.95. The number of carboxylic acid groups (broad SMARTS) is 1. The lowest BCUT2D eigenvalue weighted by molar-refractivity contribution is 0.0697. The molecule has 0 aliphatic carbocycles. The van der Waals surface area contributed by atoms with Crippen LogP contribution in [0.1, 0.15) is 21.5 Å². The molecule has 0 fully saturated rings. The van der Waals surface area contributed by atoms with Crippen LogP contribution in [-0.2, 0) is 13.1 Å². The number of aromatic carboxylic acids is 1. The number of carboxylic acids is 1. The monoisotopic (exact) mass is 289 g/mol. The molecular weight excluding hydrogens is 273 g/mol. The van der Waals surface area contributed by atoms with Crippen molar-refractivity contribution in [1.82, 2.24) is 4.90 Å². The van der Waals surface area contributed by atoms with Gasteiger partial charge in [0.2, 0.25) is 0 Å². The molecule has 0 saturated carbocycles. The molecule has 2 aromatic rings. The summed E-state index contributed by atoms with van der Waals surface area (Å²) in [7, 11) is 1.88. The van der Waals surface area contributed by atoms with E-state index < -0.39 is 11.8 Å². The van der Waals surface area contributed by atoms with Crippen LogP contribution in [0.3, 0.4) is 0 Å². The third-order valence-electron chi connectivity index (χ3n) is 3.12. The topological polar surface area (TPSA) is 60.8 Å². The third kappa shape index (κ3) is 4.03. The number of aromatic hydroxyl groups is 1. The fraction of sp³-hybridized carbons (Fsp3) is 0.188. The van der Waals surface area contributed by atoms with Crippen molar-refractivity contribution < 1.29 is 19.4 Å². The molecule has 0 saturated heterocycles. The summed E-state index contributed by atoms with van der Waals surface area (Å²) in [5.74, 6) is -1.94. The first-order valence-corrected chi connectivity index (χ1v) is 6.44. The largest absolute Gasteiger partial charge is 0.505 e. The van der Waals surface area contributed by atoms with Crippen LogP contribution in [0.4, 0.5) is 4.39 Å². The molecule has 0 aliphatic heterocycles. The van der Waals surface area contributed by atoms with Gasteiger partial charge in [-0.2, -0.15) is 0 Å². The van der Waals surface area contributed by atoms with Gasteiger partial charge in [-0.3, -0.25) is 4.90 Å². The quantitative estimate of drug-likeness (QED) is 0.888. The Kier molecular flexibility index (Phi) is 4.55. The first-order valence-electron chi connectivity index (χ1n) is 6.44. The van der Waals surface area contributed by atoms with Gasteiger partial charge in [-0.15, -0.1) is 0 Å². The number of hydrogen-bond acceptors (Lipinski definition) is 3. The van der Waals surface area contributed by atoms with Gasteiger partial charge in [0, 0.05) is 13.1 Å². The van der Waals surface area contributed by atoms with Gasteiger partial charge in [-0.1, -0.05) is 18.2 Å². The molecular formula is C16H16FNO3. The molecule has 0 unspecified atom stereocenters. The minimum absolute atomic E-state index is 0.252. The minimum Gasteiger partial charge on any atom is -0.505 e. The second kappa shape index (κ2) is 6.37. The van der Waals surface area contributed by atoms with Crippen molar-refractivity contribution >= 4 is 5.97 Å². The molecule has 0 spiro atoms. The van der Waals surface area contributed by atoms with Gasteiger partial charge >= 0.3 is 5.97 Å². The second-order valence-corrected chi connectivity index (χ2v) is 4.96. The molecule has 5 heteroatoms. The summed E-state index contributed by atoms with van der Waals surface area (Å²) in [6.45, 7) is 1.14. The summed E-state index contributed by atoms with van der Waals surface area (Å²) in [5, 5.41) is 18.0. The van der Waals surface area contributed by atoms with E-state index in [1.807, 2.05) is 11.9 Å². The van der Waals surface area contributed by atoms with Crippen molar-refractivity contribution in [1.29, 1.82) is 0 Å². The van der Waals surface area contributed by atoms with Crippen molar-refractivity contribution in [3.05, 3.63) is 65.0 Å². The predicted molar refractivity (Wildman–Crippen MR) is 76.6 cm³/mol. The number of benzene rings is 2. The smallest absolute Gasteiger partial charge is 0.335 e. The summed E-state index contributed by atoms with van der Waals surface area (Å²) in [6.07, 6.45) is 0. The van der Waals surface area contributed by atoms with Crippen LogP contribution in [0.5, 0.6) is 5.75 Å². The lowest BCUT2D eigenvalue weighted by Gasteiger charge is -2.17. The number of halogens is 1. The van der Waals surface area contributed by atoms with E-state index in [0.29, 0.717) is 13.1 Å². The van der Waals surface area contributed by atoms with E-state index in [0.717, 1.165) is 11.1 Å². The molecule has 0 amide bonds. The Bertz CT molecular complexity index is 640. The molecule has 0 atom stereocenters. The number of phenolic OH excluding ortho intramolecular Hbond substituents is 1. The third-order valence-corrected chi connectivity index (χ3v) is 3.12. The zero-order valence-electron chi connectivity index (χ0n) is 11.6. The van der Waals surface area contributed by atoms with E-state index in [-0.39, 0.29) is 11.3 Å². The zero-order chi connectivity index (χ0) is 15.4. The van der Waals surface area contributed by atoms with Crippen LogP contribution in [0.15, 0.2) is 42.5 Å². The highest BCUT2D eigenvalue weighted by molar-refractivity contribution is 5.87. The number of hydrogen-bond donors (Lipinski definition) is 2. The van der Waals surface area contributed by atoms with Crippen LogP contribution >= 0.6 is 0 Å². The van der Waals surface area contributed by atoms with Gasteiger partial charge in [0.25, 0.3) is 0 Å². The van der Waals surface area contributed by atoms with Gasteiger partial charge in [0.05, 0.1) is 5.56 Å². The summed E-state index contributed by atoms with van der Waals surface area (Å²) < 4.78 is 13.3. The van der Waals surface area contributed by atoms with Crippen molar-refractivity contribution in [3.63, 3.8) is 0 Å². The maximum absolute atomic E-state index is 13.3. The highest BCUT2D eigenvalue weighted by Gasteiger charge is 2.07. The van der Waals surface area contributed by atoms with Gasteiger partial charge in [0.1, 0.15) is 0 Å². The molecule has 110 valence electrons. The molecule has 2 N–H and O–H groups in total. The minimum atomic E-state index is -0.950. The summed E-state index contributed by atoms with van der Waals surface area (Å²) in [5.41, 5.74) is 1.98. The van der Waals surface area contributed by atoms with Crippen LogP contribution in [-0.4, -0.2) is 28.1 Å². The molecule has 2 rings (SSSR count). The Morgan fingerprint density at radius 3 is 2.24 bits per heavy atom. The van der Waals surface area contributed by atoms with Crippen molar-refractivity contribution in [2.45, 2.75) is 13.1 Å². The molecule has 0 heterocycles. The van der Waals surface area contributed by atoms with Crippen molar-refractivity contribution in [3.8, 4) is 5.75 Å². The van der Waals surface area contributed by atoms with E-state index in [1.165, 1.54) is 12.1 Å². The van der Waals surface area contributed by atoms with Gasteiger partial charge in [0.15, 0.2) is 11.6 Å². The normalized spacial score (nSPS) is 10.8. The van der Waals surface area contributed by atoms with Gasteiger partial charge in [-0.25, -0.2) is 9.18 Å². The lowest BCUT2D eigenvalue weighted by atomic mass is 10.1. The summed E-state index contributed by atoms with van der Waals surface area (Å²) in [6, 6.07) is 11.0. The maximum atomic E-state index is 13.3. The molecule has 0 aliphatic rings. The Morgan fingerprint density at radius 1 is 1.10 bits per heavy atom. The number of rotatable bonds is 5. The summed E-state index contributed by atoms with van der Waals surface area (Å²) >= 11 is 0. The zero-order valence-corrected chi connectivity index (χ0v) is 11.6. The standard InChI is InChI=1S/C16H16FNO3/c1-18(10-12-4-7-15(19)14(17)8-12)9-11-2-5-13(6-3-11)16(20)21/h2-8,19H,9-10H2,1H3,(H,20,21). The lowest BCUT2D eigenvalue weighted by Crippen LogP contribution is -2.17. The first kappa shape index (κ1) is 15.0. The number of phenols is 1. The highest BCUT2D eigenvalue weighted by Crippen LogP contribution is 2.17. The van der Waals surface area contributed by atoms with E-state index in [2.05, 4.69) is 0 Å². The van der Waals surface area contributed by atoms with Crippen LogP contribution in [0.25, 0.3) is 0 Å². The van der Waals surface area contributed by atoms with E-state index in [1.54, 1.807) is 30.3 Å². The predicted octanol–water partition coefficient (Wildman–Crippen LogP) is 2.86. The van der Waals surface area contributed by atoms with E-state index in [9.17, 15) is 9.18 Å². The molecule has 0 bridgehead atoms. The van der Waals surface area contributed by atoms with Gasteiger partial charge in [-0.05, 0) is 42.4 Å². The highest BCUT2D eigenvalue weighted by atomic mass is 19.1. The number of nitrogens with zero attached hydrogens (tertiary/aromatic N) is 1. The average Bonchev–Trinajstić information content (AvgIpc) is 2.43. The van der Waals surface area contributed by atoms with Crippen molar-refractivity contribution in [2.24, 2.45) is 0 Å². The Balaban J connectivity index is 1.99. The Labute approximate surface area is 122 Å². The molecule has 21 heavy (non-hydrogen) atoms. The van der Waals surface area contributed by atoms with Crippen LogP contribution in [0, 0.1) is 5.82 Å². The molecule has 2 aromatic carbocycles. The van der Waals surface area contributed by atoms with Crippen LogP contribution < -0.4 is 0 Å². The SMILES string of the molecule is CN(Cc1ccc(C(=O)O)cc1)Cc1ccc(O)c(F)c1.